The van der Waals surface area contributed by atoms with Crippen molar-refractivity contribution in [3.63, 3.8) is 0 Å². The van der Waals surface area contributed by atoms with Gasteiger partial charge in [-0.3, -0.25) is 9.59 Å². The summed E-state index contributed by atoms with van der Waals surface area (Å²) in [6, 6.07) is 0. The van der Waals surface area contributed by atoms with E-state index in [1.54, 1.807) is 0 Å². The summed E-state index contributed by atoms with van der Waals surface area (Å²) in [4.78, 5) is 37.7. The first-order valence-corrected chi connectivity index (χ1v) is 47.1. The molecule has 0 heterocycles. The van der Waals surface area contributed by atoms with Gasteiger partial charge in [0.2, 0.25) is 0 Å². The summed E-state index contributed by atoms with van der Waals surface area (Å²) in [6.45, 7) is 4.72. The Morgan fingerprint density at radius 2 is 0.533 bits per heavy atom. The number of aliphatic carboxylic acids is 1. The van der Waals surface area contributed by atoms with Crippen LogP contribution in [0.2, 0.25) is 0 Å². The summed E-state index contributed by atoms with van der Waals surface area (Å²) in [5.41, 5.74) is 0. The van der Waals surface area contributed by atoms with Crippen LogP contribution in [0.3, 0.4) is 0 Å². The molecular formula is C98H181NO8. The highest BCUT2D eigenvalue weighted by Crippen LogP contribution is 2.21. The van der Waals surface area contributed by atoms with Gasteiger partial charge in [0.15, 0.2) is 12.4 Å². The van der Waals surface area contributed by atoms with Crippen LogP contribution in [-0.4, -0.2) is 82.3 Å². The predicted octanol–water partition coefficient (Wildman–Crippen LogP) is 29.7. The maximum Gasteiger partial charge on any atom is 0.306 e. The molecule has 0 N–H and O–H groups in total. The van der Waals surface area contributed by atoms with E-state index in [1.165, 1.54) is 372 Å². The number of unbranched alkanes of at least 4 members (excludes halogenated alkanes) is 62. The van der Waals surface area contributed by atoms with E-state index in [-0.39, 0.29) is 32.2 Å². The molecule has 0 saturated carbocycles. The Bertz CT molecular complexity index is 2000. The van der Waals surface area contributed by atoms with Crippen LogP contribution in [0.5, 0.6) is 0 Å². The lowest BCUT2D eigenvalue weighted by Crippen LogP contribution is -2.44. The van der Waals surface area contributed by atoms with E-state index in [0.29, 0.717) is 17.4 Å². The SMILES string of the molecule is CC/C=C\C/C=C\C/C=C\C/C=C\C/C=C\C/C=C\CCCCCCCCCCCCCCCCCCCCCCCCC(=O)OC(COC(=O)CCCCCCCCCCCCCCCCCCCCCCCCCCCCCCCCCCCCCCCCCCC)COC(OCC[N+](C)(C)C)C(=O)[O-]. The number of quaternary nitrogens is 1. The molecule has 0 aromatic carbocycles. The zero-order valence-electron chi connectivity index (χ0n) is 72.0. The van der Waals surface area contributed by atoms with Gasteiger partial charge in [0.05, 0.1) is 40.3 Å². The Morgan fingerprint density at radius 3 is 0.794 bits per heavy atom. The van der Waals surface area contributed by atoms with Crippen LogP contribution in [0, 0.1) is 0 Å². The molecule has 2 atom stereocenters. The molecule has 0 aromatic heterocycles. The van der Waals surface area contributed by atoms with Gasteiger partial charge in [-0.2, -0.15) is 0 Å². The third kappa shape index (κ3) is 89.8. The van der Waals surface area contributed by atoms with Crippen LogP contribution in [-0.2, 0) is 33.3 Å². The van der Waals surface area contributed by atoms with Gasteiger partial charge in [-0.05, 0) is 64.2 Å². The molecule has 0 amide bonds. The standard InChI is InChI=1S/C98H181NO8/c1-6-8-10-12-14-16-18-20-22-24-26-28-30-32-34-36-38-40-42-44-46-48-50-52-54-56-58-60-62-64-66-68-70-72-74-76-78-80-82-84-86-88-95(100)105-92-94(93-106-98(97(102)103)104-91-90-99(3,4)5)107-96(101)89-87-85-83-81-79-77-75-73-71-69-67-65-63-61-59-57-55-53-51-49-47-45-43-41-39-37-35-33-31-29-27-25-23-21-19-17-15-13-11-9-7-2/h9,11,15,17,21,23,27,29,33,35,39,41,94,98H,6-8,10,12-14,16,18-20,22,24-26,28,30-32,34,36-38,40,42-93H2,1-5H3/b11-9-,17-15-,23-21-,29-27-,35-33-,41-39-. The van der Waals surface area contributed by atoms with Crippen molar-refractivity contribution in [2.45, 2.75) is 489 Å². The third-order valence-electron chi connectivity index (χ3n) is 21.5. The van der Waals surface area contributed by atoms with Crippen molar-refractivity contribution in [1.82, 2.24) is 0 Å². The zero-order chi connectivity index (χ0) is 77.4. The Kier molecular flexibility index (Phi) is 85.6. The minimum Gasteiger partial charge on any atom is -0.545 e. The quantitative estimate of drug-likeness (QED) is 0.0195. The van der Waals surface area contributed by atoms with E-state index in [4.69, 9.17) is 18.9 Å². The van der Waals surface area contributed by atoms with Gasteiger partial charge in [-0.25, -0.2) is 0 Å². The molecule has 9 heteroatoms. The number of likely N-dealkylation sites (N-methyl/N-ethyl adjacent to an activating group) is 1. The van der Waals surface area contributed by atoms with E-state index in [1.807, 2.05) is 21.1 Å². The number of rotatable bonds is 89. The molecule has 0 radical (unpaired) electrons. The van der Waals surface area contributed by atoms with Crippen molar-refractivity contribution in [2.24, 2.45) is 0 Å². The van der Waals surface area contributed by atoms with Gasteiger partial charge >= 0.3 is 11.9 Å². The monoisotopic (exact) mass is 1500 g/mol. The second-order valence-electron chi connectivity index (χ2n) is 33.3. The molecule has 626 valence electrons. The molecule has 0 rings (SSSR count). The molecule has 107 heavy (non-hydrogen) atoms. The van der Waals surface area contributed by atoms with Crippen LogP contribution < -0.4 is 5.11 Å². The molecule has 0 saturated heterocycles. The van der Waals surface area contributed by atoms with Crippen molar-refractivity contribution >= 4 is 17.9 Å². The minimum atomic E-state index is -1.62. The van der Waals surface area contributed by atoms with Gasteiger partial charge < -0.3 is 33.3 Å². The average molecular weight is 1500 g/mol. The lowest BCUT2D eigenvalue weighted by atomic mass is 10.0. The molecular weight excluding hydrogens is 1320 g/mol. The van der Waals surface area contributed by atoms with E-state index >= 15 is 0 Å². The fourth-order valence-electron chi connectivity index (χ4n) is 14.4. The number of nitrogens with zero attached hydrogens (tertiary/aromatic N) is 1. The molecule has 0 bridgehead atoms. The number of esters is 2. The number of carbonyl (C=O) groups is 3. The lowest BCUT2D eigenvalue weighted by Gasteiger charge is -2.26. The topological polar surface area (TPSA) is 111 Å². The predicted molar refractivity (Wildman–Crippen MR) is 463 cm³/mol. The molecule has 2 unspecified atom stereocenters. The van der Waals surface area contributed by atoms with Crippen LogP contribution in [0.25, 0.3) is 0 Å². The first kappa shape index (κ1) is 104. The number of carbonyl (C=O) groups excluding carboxylic acids is 3. The van der Waals surface area contributed by atoms with Gasteiger partial charge in [-0.15, -0.1) is 0 Å². The first-order valence-electron chi connectivity index (χ1n) is 47.1. The van der Waals surface area contributed by atoms with Crippen molar-refractivity contribution in [2.75, 3.05) is 47.5 Å². The first-order chi connectivity index (χ1) is 52.6. The second-order valence-corrected chi connectivity index (χ2v) is 33.3. The second kappa shape index (κ2) is 88.3. The Morgan fingerprint density at radius 1 is 0.290 bits per heavy atom. The number of carboxylic acids is 1. The summed E-state index contributed by atoms with van der Waals surface area (Å²) in [7, 11) is 5.96. The fourth-order valence-corrected chi connectivity index (χ4v) is 14.4. The fraction of sp³-hybridized carbons (Fsp3) is 0.847. The highest BCUT2D eigenvalue weighted by molar-refractivity contribution is 5.70. The Labute approximate surface area is 666 Å². The lowest BCUT2D eigenvalue weighted by molar-refractivity contribution is -0.870. The molecule has 0 spiro atoms. The van der Waals surface area contributed by atoms with E-state index in [9.17, 15) is 19.5 Å². The van der Waals surface area contributed by atoms with E-state index in [2.05, 4.69) is 86.8 Å². The summed E-state index contributed by atoms with van der Waals surface area (Å²) in [5, 5.41) is 11.9. The van der Waals surface area contributed by atoms with Crippen LogP contribution in [0.4, 0.5) is 0 Å². The smallest absolute Gasteiger partial charge is 0.306 e. The van der Waals surface area contributed by atoms with Gasteiger partial charge in [0.25, 0.3) is 0 Å². The number of carboxylic acid groups (broad SMARTS) is 1. The van der Waals surface area contributed by atoms with Crippen molar-refractivity contribution in [3.8, 4) is 0 Å². The highest BCUT2D eigenvalue weighted by Gasteiger charge is 2.22. The maximum absolute atomic E-state index is 13.0. The van der Waals surface area contributed by atoms with E-state index in [0.717, 1.165) is 77.0 Å². The van der Waals surface area contributed by atoms with Crippen LogP contribution in [0.1, 0.15) is 476 Å². The molecule has 0 aromatic rings. The number of hydrogen-bond acceptors (Lipinski definition) is 8. The zero-order valence-corrected chi connectivity index (χ0v) is 72.0. The summed E-state index contributed by atoms with van der Waals surface area (Å²) in [5.74, 6) is -2.25. The largest absolute Gasteiger partial charge is 0.545 e. The molecule has 0 aliphatic carbocycles. The molecule has 0 aliphatic heterocycles. The number of allylic oxidation sites excluding steroid dienone is 12. The number of hydrogen-bond donors (Lipinski definition) is 0. The van der Waals surface area contributed by atoms with Gasteiger partial charge in [0, 0.05) is 12.8 Å². The van der Waals surface area contributed by atoms with Crippen LogP contribution >= 0.6 is 0 Å². The Balaban J connectivity index is 3.88. The minimum absolute atomic E-state index is 0.150. The Hall–Kier alpha value is -3.27. The normalized spacial score (nSPS) is 12.9. The van der Waals surface area contributed by atoms with Gasteiger partial charge in [0.1, 0.15) is 13.2 Å². The van der Waals surface area contributed by atoms with Crippen molar-refractivity contribution in [1.29, 1.82) is 0 Å². The third-order valence-corrected chi connectivity index (χ3v) is 21.5. The van der Waals surface area contributed by atoms with E-state index < -0.39 is 24.3 Å². The summed E-state index contributed by atoms with van der Waals surface area (Å²) >= 11 is 0. The van der Waals surface area contributed by atoms with Crippen molar-refractivity contribution in [3.05, 3.63) is 72.9 Å². The molecule has 0 fully saturated rings. The molecule has 0 aliphatic rings. The van der Waals surface area contributed by atoms with Crippen LogP contribution in [0.15, 0.2) is 72.9 Å². The summed E-state index contributed by atoms with van der Waals surface area (Å²) in [6.07, 6.45) is 118. The summed E-state index contributed by atoms with van der Waals surface area (Å²) < 4.78 is 22.9. The van der Waals surface area contributed by atoms with Crippen molar-refractivity contribution < 1.29 is 42.9 Å². The number of ether oxygens (including phenoxy) is 4. The maximum atomic E-state index is 13.0. The average Bonchev–Trinajstić information content (AvgIpc) is 0.965. The highest BCUT2D eigenvalue weighted by atomic mass is 16.7. The van der Waals surface area contributed by atoms with Gasteiger partial charge in [-0.1, -0.05) is 472 Å². The molecule has 9 nitrogen and oxygen atoms in total.